The average Bonchev–Trinajstić information content (AvgIpc) is 3.74. The van der Waals surface area contributed by atoms with Crippen LogP contribution in [0.25, 0.3) is 27.8 Å². The molecule has 12 heteroatoms. The van der Waals surface area contributed by atoms with Gasteiger partial charge in [-0.3, -0.25) is 14.2 Å². The van der Waals surface area contributed by atoms with E-state index < -0.39 is 34.2 Å². The third-order valence-electron chi connectivity index (χ3n) is 6.63. The van der Waals surface area contributed by atoms with Crippen molar-refractivity contribution in [1.82, 2.24) is 24.1 Å². The van der Waals surface area contributed by atoms with Crippen LogP contribution >= 0.6 is 0 Å². The number of anilines is 2. The van der Waals surface area contributed by atoms with Crippen LogP contribution in [0.15, 0.2) is 41.6 Å². The Balaban J connectivity index is 1.44. The van der Waals surface area contributed by atoms with E-state index in [4.69, 9.17) is 15.7 Å². The summed E-state index contributed by atoms with van der Waals surface area (Å²) in [5.74, 6) is 0.127. The number of hydrogen-bond acceptors (Lipinski definition) is 8. The van der Waals surface area contributed by atoms with Crippen molar-refractivity contribution in [3.05, 3.63) is 47.1 Å². The first kappa shape index (κ1) is 18.7. The molecule has 11 nitrogen and oxygen atoms in total. The van der Waals surface area contributed by atoms with E-state index in [9.17, 15) is 9.59 Å². The third-order valence-corrected chi connectivity index (χ3v) is 8.33. The second kappa shape index (κ2) is 10.8. The number of pyridine rings is 3. The zero-order chi connectivity index (χ0) is 35.0. The van der Waals surface area contributed by atoms with Crippen LogP contribution in [0.3, 0.4) is 0 Å². The molecule has 4 aromatic heterocycles. The molecule has 4 aromatic rings. The van der Waals surface area contributed by atoms with Crippen molar-refractivity contribution in [2.75, 3.05) is 42.9 Å². The minimum absolute atomic E-state index is 0.0465. The van der Waals surface area contributed by atoms with Crippen LogP contribution in [0.4, 0.5) is 11.5 Å². The molecule has 1 amide bonds. The number of rotatable bonds is 9. The van der Waals surface area contributed by atoms with Crippen LogP contribution in [-0.2, 0) is 21.0 Å². The van der Waals surface area contributed by atoms with Gasteiger partial charge in [0.25, 0.3) is 5.56 Å². The summed E-state index contributed by atoms with van der Waals surface area (Å²) in [5.41, 5.74) is 0.0195. The topological polar surface area (TPSA) is 116 Å². The molecule has 1 saturated heterocycles. The Labute approximate surface area is 244 Å². The van der Waals surface area contributed by atoms with Crippen LogP contribution in [0.5, 0.6) is 0 Å². The lowest BCUT2D eigenvalue weighted by molar-refractivity contribution is -0.117. The Morgan fingerprint density at radius 1 is 1.20 bits per heavy atom. The third kappa shape index (κ3) is 5.79. The number of aromatic nitrogens is 5. The highest BCUT2D eigenvalue weighted by Crippen LogP contribution is 2.31. The molecule has 0 spiro atoms. The Morgan fingerprint density at radius 3 is 2.75 bits per heavy atom. The molecule has 0 bridgehead atoms. The molecule has 0 atom stereocenters. The van der Waals surface area contributed by atoms with Crippen LogP contribution in [0.1, 0.15) is 23.8 Å². The van der Waals surface area contributed by atoms with E-state index in [0.717, 1.165) is 18.9 Å². The van der Waals surface area contributed by atoms with E-state index in [2.05, 4.69) is 44.8 Å². The summed E-state index contributed by atoms with van der Waals surface area (Å²) in [6.07, 6.45) is 5.72. The first-order valence-corrected chi connectivity index (χ1v) is 16.7. The van der Waals surface area contributed by atoms with Crippen molar-refractivity contribution in [2.24, 2.45) is 5.92 Å². The summed E-state index contributed by atoms with van der Waals surface area (Å²) in [4.78, 5) is 35.3. The van der Waals surface area contributed by atoms with Crippen LogP contribution < -0.4 is 15.8 Å². The van der Waals surface area contributed by atoms with Gasteiger partial charge in [0.15, 0.2) is 11.5 Å². The van der Waals surface area contributed by atoms with Gasteiger partial charge in [0.2, 0.25) is 5.91 Å². The molecule has 6 rings (SSSR count). The second-order valence-electron chi connectivity index (χ2n) is 11.0. The minimum Gasteiger partial charge on any atom is -0.378 e. The normalized spacial score (nSPS) is 24.1. The number of carbonyl (C=O) groups excluding carboxylic acids is 1. The van der Waals surface area contributed by atoms with Gasteiger partial charge in [0.1, 0.15) is 12.5 Å². The second-order valence-corrected chi connectivity index (χ2v) is 16.7. The molecule has 1 N–H and O–H groups in total. The summed E-state index contributed by atoms with van der Waals surface area (Å²) in [5, 5.41) is 7.96. The van der Waals surface area contributed by atoms with Crippen molar-refractivity contribution in [3.8, 4) is 11.4 Å². The molecular formula is C28H35N7O4Si. The number of amides is 1. The number of carbonyl (C=O) groups is 1. The minimum atomic E-state index is -3.23. The van der Waals surface area contributed by atoms with Gasteiger partial charge in [-0.25, -0.2) is 14.5 Å². The predicted octanol–water partition coefficient (Wildman–Crippen LogP) is 3.60. The summed E-state index contributed by atoms with van der Waals surface area (Å²) < 4.78 is 78.8. The lowest BCUT2D eigenvalue weighted by Crippen LogP contribution is -2.36. The molecule has 2 aliphatic rings. The number of hydrogen-bond donors (Lipinski definition) is 1. The fourth-order valence-electron chi connectivity index (χ4n) is 4.18. The molecule has 1 saturated carbocycles. The number of ether oxygens (including phenoxy) is 2. The standard InChI is InChI=1S/C28H35N7O4Si/c1-40(2,3)13-12-39-18-34-17-23(21-14-24(29-15-22(21)28(34)37)30-27(36)19-4-5-19)26-31-25-7-6-20(16-35(25)32-26)33-8-10-38-11-9-33/h6-7,14-17,19H,4-5,8-13,18H2,1-3H3,(H,29,30,36)/i8D2,9D2,10D2,11D2. The van der Waals surface area contributed by atoms with Gasteiger partial charge in [0.05, 0.1) is 41.4 Å². The van der Waals surface area contributed by atoms with Gasteiger partial charge in [-0.2, -0.15) is 0 Å². The highest BCUT2D eigenvalue weighted by molar-refractivity contribution is 6.76. The zero-order valence-electron chi connectivity index (χ0n) is 30.4. The van der Waals surface area contributed by atoms with Gasteiger partial charge >= 0.3 is 0 Å². The van der Waals surface area contributed by atoms with Crippen LogP contribution in [0.2, 0.25) is 25.7 Å². The maximum atomic E-state index is 13.5. The molecule has 0 radical (unpaired) electrons. The Bertz CT molecular complexity index is 1950. The lowest BCUT2D eigenvalue weighted by Gasteiger charge is -2.28. The van der Waals surface area contributed by atoms with Crippen molar-refractivity contribution in [1.29, 1.82) is 0 Å². The fraction of sp³-hybridized carbons (Fsp3) is 0.464. The molecule has 40 heavy (non-hydrogen) atoms. The van der Waals surface area contributed by atoms with E-state index in [0.29, 0.717) is 22.5 Å². The van der Waals surface area contributed by atoms with E-state index in [1.54, 1.807) is 12.3 Å². The van der Waals surface area contributed by atoms with E-state index in [1.807, 2.05) is 0 Å². The molecular weight excluding hydrogens is 526 g/mol. The first-order chi connectivity index (χ1) is 22.2. The van der Waals surface area contributed by atoms with E-state index >= 15 is 0 Å². The Morgan fingerprint density at radius 2 is 2.00 bits per heavy atom. The fourth-order valence-corrected chi connectivity index (χ4v) is 4.94. The van der Waals surface area contributed by atoms with Gasteiger partial charge < -0.3 is 19.7 Å². The summed E-state index contributed by atoms with van der Waals surface area (Å²) in [6, 6.07) is 5.15. The number of nitrogens with zero attached hydrogens (tertiary/aromatic N) is 6. The molecule has 210 valence electrons. The van der Waals surface area contributed by atoms with Crippen molar-refractivity contribution in [2.45, 2.75) is 45.3 Å². The van der Waals surface area contributed by atoms with E-state index in [-0.39, 0.29) is 52.5 Å². The summed E-state index contributed by atoms with van der Waals surface area (Å²) in [7, 11) is -1.39. The Hall–Kier alpha value is -3.61. The van der Waals surface area contributed by atoms with Crippen molar-refractivity contribution >= 4 is 41.9 Å². The quantitative estimate of drug-likeness (QED) is 0.240. The number of nitrogens with one attached hydrogen (secondary N) is 1. The molecule has 1 aliphatic carbocycles. The van der Waals surface area contributed by atoms with Gasteiger partial charge in [0, 0.05) is 56.9 Å². The van der Waals surface area contributed by atoms with Gasteiger partial charge in [-0.15, -0.1) is 5.10 Å². The Kier molecular flexibility index (Phi) is 5.02. The molecule has 0 unspecified atom stereocenters. The highest BCUT2D eigenvalue weighted by Gasteiger charge is 2.30. The highest BCUT2D eigenvalue weighted by atomic mass is 28.3. The van der Waals surface area contributed by atoms with Crippen molar-refractivity contribution in [3.63, 3.8) is 0 Å². The largest absolute Gasteiger partial charge is 0.378 e. The smallest absolute Gasteiger partial charge is 0.261 e. The average molecular weight is 570 g/mol. The molecule has 1 aliphatic heterocycles. The summed E-state index contributed by atoms with van der Waals surface area (Å²) in [6.45, 7) is -5.67. The van der Waals surface area contributed by atoms with Gasteiger partial charge in [-0.1, -0.05) is 19.6 Å². The molecule has 2 fully saturated rings. The van der Waals surface area contributed by atoms with Crippen molar-refractivity contribution < 1.29 is 25.2 Å². The molecule has 5 heterocycles. The monoisotopic (exact) mass is 569 g/mol. The first-order valence-electron chi connectivity index (χ1n) is 17.0. The number of fused-ring (bicyclic) bond motifs is 2. The van der Waals surface area contributed by atoms with Crippen LogP contribution in [0, 0.1) is 5.92 Å². The van der Waals surface area contributed by atoms with Gasteiger partial charge in [-0.05, 0) is 37.1 Å². The van der Waals surface area contributed by atoms with E-state index in [1.165, 1.54) is 33.6 Å². The SMILES string of the molecule is [2H]C1([2H])OC([2H])([2H])C([2H])([2H])N(c2ccc3nc(-c4cn(COCC[Si](C)(C)C)c(=O)c5cnc(NC(=O)C6CC6)cc45)nn3c2)C1([2H])[2H]. The number of morpholine rings is 1. The summed E-state index contributed by atoms with van der Waals surface area (Å²) >= 11 is 0. The lowest BCUT2D eigenvalue weighted by atomic mass is 10.1. The predicted molar refractivity (Wildman–Crippen MR) is 156 cm³/mol. The maximum Gasteiger partial charge on any atom is 0.261 e. The maximum absolute atomic E-state index is 13.5. The molecule has 0 aromatic carbocycles. The zero-order valence-corrected chi connectivity index (χ0v) is 23.4. The van der Waals surface area contributed by atoms with Crippen LogP contribution in [-0.4, -0.2) is 70.8 Å².